The van der Waals surface area contributed by atoms with Crippen LogP contribution in [-0.4, -0.2) is 5.91 Å². The molecule has 0 aliphatic heterocycles. The Bertz CT molecular complexity index is 673. The maximum absolute atomic E-state index is 12.4. The second-order valence-electron chi connectivity index (χ2n) is 5.55. The molecular weight excluding hydrogens is 246 g/mol. The maximum Gasteiger partial charge on any atom is 0.255 e. The summed E-state index contributed by atoms with van der Waals surface area (Å²) < 4.78 is 0. The van der Waals surface area contributed by atoms with Crippen molar-refractivity contribution in [2.45, 2.75) is 33.1 Å². The maximum atomic E-state index is 12.4. The molecule has 0 heterocycles. The standard InChI is InChI=1S/C18H19NO/c1-12-9-10-15(11-13(12)2)18(20)19-17-8-4-6-14-5-3-7-16(14)17/h4,6,8-11H,3,5,7H2,1-2H3,(H,19,20). The Morgan fingerprint density at radius 1 is 1.05 bits per heavy atom. The third-order valence-electron chi connectivity index (χ3n) is 4.16. The first-order valence-electron chi connectivity index (χ1n) is 7.14. The molecule has 0 unspecified atom stereocenters. The molecule has 0 bridgehead atoms. The number of benzene rings is 2. The van der Waals surface area contributed by atoms with Gasteiger partial charge in [-0.25, -0.2) is 0 Å². The first kappa shape index (κ1) is 12.9. The summed E-state index contributed by atoms with van der Waals surface area (Å²) in [5.41, 5.74) is 6.75. The number of hydrogen-bond acceptors (Lipinski definition) is 1. The molecule has 0 atom stereocenters. The number of carbonyl (C=O) groups excluding carboxylic acids is 1. The topological polar surface area (TPSA) is 29.1 Å². The van der Waals surface area contributed by atoms with Gasteiger partial charge in [-0.3, -0.25) is 4.79 Å². The highest BCUT2D eigenvalue weighted by molar-refractivity contribution is 6.04. The van der Waals surface area contributed by atoms with Crippen LogP contribution in [0.2, 0.25) is 0 Å². The van der Waals surface area contributed by atoms with E-state index in [0.29, 0.717) is 0 Å². The first-order valence-corrected chi connectivity index (χ1v) is 7.14. The number of hydrogen-bond donors (Lipinski definition) is 1. The zero-order valence-corrected chi connectivity index (χ0v) is 12.0. The van der Waals surface area contributed by atoms with Crippen LogP contribution in [0.3, 0.4) is 0 Å². The van der Waals surface area contributed by atoms with Crippen LogP contribution in [-0.2, 0) is 12.8 Å². The molecule has 0 aromatic heterocycles. The van der Waals surface area contributed by atoms with E-state index in [-0.39, 0.29) is 5.91 Å². The summed E-state index contributed by atoms with van der Waals surface area (Å²) in [5.74, 6) is -0.0200. The molecule has 3 rings (SSSR count). The fourth-order valence-corrected chi connectivity index (χ4v) is 2.81. The molecule has 0 saturated carbocycles. The van der Waals surface area contributed by atoms with Gasteiger partial charge in [-0.1, -0.05) is 18.2 Å². The quantitative estimate of drug-likeness (QED) is 0.872. The van der Waals surface area contributed by atoms with Crippen LogP contribution < -0.4 is 5.32 Å². The molecular formula is C18H19NO. The molecule has 102 valence electrons. The van der Waals surface area contributed by atoms with E-state index in [1.165, 1.54) is 23.1 Å². The average Bonchev–Trinajstić information content (AvgIpc) is 2.91. The van der Waals surface area contributed by atoms with Crippen LogP contribution in [0.1, 0.15) is 39.0 Å². The van der Waals surface area contributed by atoms with Crippen molar-refractivity contribution in [2.75, 3.05) is 5.32 Å². The van der Waals surface area contributed by atoms with E-state index in [9.17, 15) is 4.79 Å². The van der Waals surface area contributed by atoms with Gasteiger partial charge in [0, 0.05) is 11.3 Å². The monoisotopic (exact) mass is 265 g/mol. The first-order chi connectivity index (χ1) is 9.65. The van der Waals surface area contributed by atoms with Crippen LogP contribution in [0.25, 0.3) is 0 Å². The van der Waals surface area contributed by atoms with E-state index in [4.69, 9.17) is 0 Å². The van der Waals surface area contributed by atoms with E-state index >= 15 is 0 Å². The van der Waals surface area contributed by atoms with E-state index in [0.717, 1.165) is 29.7 Å². The molecule has 0 saturated heterocycles. The lowest BCUT2D eigenvalue weighted by atomic mass is 10.0. The molecule has 0 radical (unpaired) electrons. The van der Waals surface area contributed by atoms with E-state index in [1.54, 1.807) is 0 Å². The zero-order valence-electron chi connectivity index (χ0n) is 12.0. The van der Waals surface area contributed by atoms with Gasteiger partial charge in [0.15, 0.2) is 0 Å². The molecule has 2 aromatic rings. The van der Waals surface area contributed by atoms with Crippen molar-refractivity contribution >= 4 is 11.6 Å². The van der Waals surface area contributed by atoms with Gasteiger partial charge < -0.3 is 5.32 Å². The predicted molar refractivity (Wildman–Crippen MR) is 82.3 cm³/mol. The van der Waals surface area contributed by atoms with E-state index < -0.39 is 0 Å². The van der Waals surface area contributed by atoms with Gasteiger partial charge in [-0.05, 0) is 73.6 Å². The summed E-state index contributed by atoms with van der Waals surface area (Å²) in [4.78, 5) is 12.4. The van der Waals surface area contributed by atoms with Crippen LogP contribution in [0.4, 0.5) is 5.69 Å². The number of fused-ring (bicyclic) bond motifs is 1. The molecule has 0 spiro atoms. The Morgan fingerprint density at radius 2 is 1.90 bits per heavy atom. The summed E-state index contributed by atoms with van der Waals surface area (Å²) in [6.07, 6.45) is 3.38. The Balaban J connectivity index is 1.86. The van der Waals surface area contributed by atoms with Gasteiger partial charge in [0.1, 0.15) is 0 Å². The lowest BCUT2D eigenvalue weighted by Crippen LogP contribution is -2.13. The second-order valence-corrected chi connectivity index (χ2v) is 5.55. The third-order valence-corrected chi connectivity index (χ3v) is 4.16. The van der Waals surface area contributed by atoms with Crippen LogP contribution in [0.5, 0.6) is 0 Å². The van der Waals surface area contributed by atoms with Gasteiger partial charge >= 0.3 is 0 Å². The van der Waals surface area contributed by atoms with Gasteiger partial charge in [-0.15, -0.1) is 0 Å². The van der Waals surface area contributed by atoms with Crippen molar-refractivity contribution < 1.29 is 4.79 Å². The number of rotatable bonds is 2. The molecule has 2 nitrogen and oxygen atoms in total. The SMILES string of the molecule is Cc1ccc(C(=O)Nc2cccc3c2CCC3)cc1C. The minimum Gasteiger partial charge on any atom is -0.322 e. The van der Waals surface area contributed by atoms with Gasteiger partial charge in [0.2, 0.25) is 0 Å². The minimum absolute atomic E-state index is 0.0200. The normalized spacial score (nSPS) is 13.1. The van der Waals surface area contributed by atoms with E-state index in [2.05, 4.69) is 18.3 Å². The molecule has 2 heteroatoms. The smallest absolute Gasteiger partial charge is 0.255 e. The predicted octanol–water partition coefficient (Wildman–Crippen LogP) is 4.04. The van der Waals surface area contributed by atoms with Crippen LogP contribution >= 0.6 is 0 Å². The average molecular weight is 265 g/mol. The lowest BCUT2D eigenvalue weighted by Gasteiger charge is -2.11. The molecule has 1 aliphatic carbocycles. The number of aryl methyl sites for hydroxylation is 3. The summed E-state index contributed by atoms with van der Waals surface area (Å²) >= 11 is 0. The van der Waals surface area contributed by atoms with Crippen molar-refractivity contribution in [1.82, 2.24) is 0 Å². The second kappa shape index (κ2) is 5.12. The Morgan fingerprint density at radius 3 is 2.70 bits per heavy atom. The molecule has 1 aliphatic rings. The highest BCUT2D eigenvalue weighted by Crippen LogP contribution is 2.29. The van der Waals surface area contributed by atoms with Crippen molar-refractivity contribution in [1.29, 1.82) is 0 Å². The molecule has 0 fully saturated rings. The summed E-state index contributed by atoms with van der Waals surface area (Å²) in [7, 11) is 0. The fourth-order valence-electron chi connectivity index (χ4n) is 2.81. The number of carbonyl (C=O) groups is 1. The van der Waals surface area contributed by atoms with Crippen LogP contribution in [0.15, 0.2) is 36.4 Å². The highest BCUT2D eigenvalue weighted by Gasteiger charge is 2.16. The van der Waals surface area contributed by atoms with Gasteiger partial charge in [-0.2, -0.15) is 0 Å². The van der Waals surface area contributed by atoms with Crippen molar-refractivity contribution in [3.05, 3.63) is 64.2 Å². The number of anilines is 1. The largest absolute Gasteiger partial charge is 0.322 e. The van der Waals surface area contributed by atoms with Gasteiger partial charge in [0.25, 0.3) is 5.91 Å². The minimum atomic E-state index is -0.0200. The third kappa shape index (κ3) is 2.34. The molecule has 2 aromatic carbocycles. The van der Waals surface area contributed by atoms with E-state index in [1.807, 2.05) is 37.3 Å². The Labute approximate surface area is 119 Å². The Kier molecular flexibility index (Phi) is 3.31. The molecule has 1 amide bonds. The van der Waals surface area contributed by atoms with Crippen LogP contribution in [0, 0.1) is 13.8 Å². The Hall–Kier alpha value is -2.09. The van der Waals surface area contributed by atoms with Crippen molar-refractivity contribution in [3.63, 3.8) is 0 Å². The number of amides is 1. The van der Waals surface area contributed by atoms with Crippen molar-refractivity contribution in [3.8, 4) is 0 Å². The number of nitrogens with one attached hydrogen (secondary N) is 1. The summed E-state index contributed by atoms with van der Waals surface area (Å²) in [6.45, 7) is 4.09. The zero-order chi connectivity index (χ0) is 14.1. The van der Waals surface area contributed by atoms with Gasteiger partial charge in [0.05, 0.1) is 0 Å². The van der Waals surface area contributed by atoms with Crippen molar-refractivity contribution in [2.24, 2.45) is 0 Å². The highest BCUT2D eigenvalue weighted by atomic mass is 16.1. The lowest BCUT2D eigenvalue weighted by molar-refractivity contribution is 0.102. The molecule has 20 heavy (non-hydrogen) atoms. The summed E-state index contributed by atoms with van der Waals surface area (Å²) in [5, 5.41) is 3.07. The molecule has 1 N–H and O–H groups in total. The summed E-state index contributed by atoms with van der Waals surface area (Å²) in [6, 6.07) is 12.0. The fraction of sp³-hybridized carbons (Fsp3) is 0.278.